The van der Waals surface area contributed by atoms with Gasteiger partial charge < -0.3 is 5.11 Å². The van der Waals surface area contributed by atoms with E-state index in [2.05, 4.69) is 4.98 Å². The molecular formula is C16H14N2O3S. The maximum Gasteiger partial charge on any atom is 0.269 e. The molecule has 0 aliphatic rings. The predicted molar refractivity (Wildman–Crippen MR) is 82.6 cm³/mol. The molecule has 3 rings (SSSR count). The van der Waals surface area contributed by atoms with Gasteiger partial charge in [0.15, 0.2) is 0 Å². The molecule has 0 aliphatic carbocycles. The van der Waals surface area contributed by atoms with Gasteiger partial charge in [-0.15, -0.1) is 0 Å². The van der Waals surface area contributed by atoms with E-state index < -0.39 is 10.0 Å². The molecule has 0 aliphatic heterocycles. The van der Waals surface area contributed by atoms with Gasteiger partial charge in [0.1, 0.15) is 4.90 Å². The van der Waals surface area contributed by atoms with Crippen LogP contribution >= 0.6 is 0 Å². The van der Waals surface area contributed by atoms with Gasteiger partial charge in [0.25, 0.3) is 10.0 Å². The van der Waals surface area contributed by atoms with Crippen LogP contribution in [0.3, 0.4) is 0 Å². The highest BCUT2D eigenvalue weighted by molar-refractivity contribution is 7.90. The Hall–Kier alpha value is -2.44. The lowest BCUT2D eigenvalue weighted by Gasteiger charge is -2.10. The Morgan fingerprint density at radius 3 is 2.50 bits per heavy atom. The van der Waals surface area contributed by atoms with E-state index in [0.29, 0.717) is 11.3 Å². The number of benzene rings is 1. The highest BCUT2D eigenvalue weighted by atomic mass is 32.2. The highest BCUT2D eigenvalue weighted by Gasteiger charge is 2.21. The summed E-state index contributed by atoms with van der Waals surface area (Å²) in [5.74, 6) is 0. The molecule has 0 radical (unpaired) electrons. The van der Waals surface area contributed by atoms with Crippen molar-refractivity contribution in [3.63, 3.8) is 0 Å². The average Bonchev–Trinajstić information content (AvgIpc) is 3.02. The van der Waals surface area contributed by atoms with Gasteiger partial charge in [-0.2, -0.15) is 0 Å². The van der Waals surface area contributed by atoms with Crippen molar-refractivity contribution in [3.05, 3.63) is 72.7 Å². The van der Waals surface area contributed by atoms with Gasteiger partial charge in [0, 0.05) is 18.6 Å². The van der Waals surface area contributed by atoms with E-state index in [1.807, 2.05) is 30.3 Å². The molecule has 0 fully saturated rings. The number of aliphatic hydroxyl groups is 1. The lowest BCUT2D eigenvalue weighted by atomic mass is 10.1. The topological polar surface area (TPSA) is 72.2 Å². The molecule has 22 heavy (non-hydrogen) atoms. The Kier molecular flexibility index (Phi) is 3.79. The van der Waals surface area contributed by atoms with E-state index in [9.17, 15) is 13.5 Å². The average molecular weight is 314 g/mol. The Bertz CT molecular complexity index is 872. The van der Waals surface area contributed by atoms with Gasteiger partial charge in [-0.25, -0.2) is 12.4 Å². The normalized spacial score (nSPS) is 11.5. The molecule has 0 amide bonds. The molecule has 0 bridgehead atoms. The van der Waals surface area contributed by atoms with Crippen molar-refractivity contribution < 1.29 is 13.5 Å². The second-order valence-corrected chi connectivity index (χ2v) is 6.56. The number of hydrogen-bond donors (Lipinski definition) is 1. The van der Waals surface area contributed by atoms with Gasteiger partial charge in [0.05, 0.1) is 12.3 Å². The maximum atomic E-state index is 12.8. The fourth-order valence-electron chi connectivity index (χ4n) is 2.21. The van der Waals surface area contributed by atoms with Crippen LogP contribution in [0.2, 0.25) is 0 Å². The third kappa shape index (κ3) is 2.54. The first-order valence-electron chi connectivity index (χ1n) is 6.66. The Morgan fingerprint density at radius 1 is 1.09 bits per heavy atom. The van der Waals surface area contributed by atoms with Gasteiger partial charge in [0.2, 0.25) is 0 Å². The summed E-state index contributed by atoms with van der Waals surface area (Å²) in [4.78, 5) is 3.97. The minimum atomic E-state index is -3.76. The molecule has 3 aromatic rings. The molecule has 1 aromatic carbocycles. The van der Waals surface area contributed by atoms with Crippen molar-refractivity contribution in [3.8, 4) is 11.3 Å². The standard InChI is InChI=1S/C16H14N2O3S/c19-12-13-9-16(14-5-2-1-3-6-14)18(11-13)22(20,21)15-7-4-8-17-10-15/h1-11,19H,12H2. The SMILES string of the molecule is O=S(=O)(c1cccnc1)n1cc(CO)cc1-c1ccccc1. The highest BCUT2D eigenvalue weighted by Crippen LogP contribution is 2.26. The molecule has 5 nitrogen and oxygen atoms in total. The minimum absolute atomic E-state index is 0.104. The van der Waals surface area contributed by atoms with Crippen molar-refractivity contribution in [1.82, 2.24) is 8.96 Å². The summed E-state index contributed by atoms with van der Waals surface area (Å²) in [6.45, 7) is -0.227. The summed E-state index contributed by atoms with van der Waals surface area (Å²) in [5.41, 5.74) is 1.80. The van der Waals surface area contributed by atoms with Crippen molar-refractivity contribution >= 4 is 10.0 Å². The van der Waals surface area contributed by atoms with Crippen LogP contribution in [-0.2, 0) is 16.6 Å². The van der Waals surface area contributed by atoms with Crippen molar-refractivity contribution in [2.24, 2.45) is 0 Å². The second kappa shape index (κ2) is 5.75. The van der Waals surface area contributed by atoms with Gasteiger partial charge in [-0.05, 0) is 29.3 Å². The van der Waals surface area contributed by atoms with Crippen LogP contribution in [0.15, 0.2) is 72.0 Å². The number of aromatic nitrogens is 2. The maximum absolute atomic E-state index is 12.8. The van der Waals surface area contributed by atoms with E-state index in [4.69, 9.17) is 0 Å². The largest absolute Gasteiger partial charge is 0.392 e. The third-order valence-electron chi connectivity index (χ3n) is 3.29. The second-order valence-electron chi connectivity index (χ2n) is 4.75. The molecule has 112 valence electrons. The molecule has 0 saturated heterocycles. The minimum Gasteiger partial charge on any atom is -0.392 e. The number of rotatable bonds is 4. The van der Waals surface area contributed by atoms with Crippen molar-refractivity contribution in [1.29, 1.82) is 0 Å². The van der Waals surface area contributed by atoms with Gasteiger partial charge in [-0.1, -0.05) is 30.3 Å². The van der Waals surface area contributed by atoms with E-state index in [-0.39, 0.29) is 11.5 Å². The molecule has 2 aromatic heterocycles. The van der Waals surface area contributed by atoms with Crippen LogP contribution in [0.5, 0.6) is 0 Å². The summed E-state index contributed by atoms with van der Waals surface area (Å²) >= 11 is 0. The Balaban J connectivity index is 2.21. The zero-order chi connectivity index (χ0) is 15.6. The molecule has 0 saturated carbocycles. The third-order valence-corrected chi connectivity index (χ3v) is 4.94. The molecule has 0 unspecified atom stereocenters. The zero-order valence-electron chi connectivity index (χ0n) is 11.6. The smallest absolute Gasteiger partial charge is 0.269 e. The van der Waals surface area contributed by atoms with Crippen molar-refractivity contribution in [2.45, 2.75) is 11.5 Å². The van der Waals surface area contributed by atoms with Crippen LogP contribution in [0.25, 0.3) is 11.3 Å². The fourth-order valence-corrected chi connectivity index (χ4v) is 3.58. The first kappa shape index (κ1) is 14.5. The summed E-state index contributed by atoms with van der Waals surface area (Å²) in [6.07, 6.45) is 4.26. The molecule has 0 spiro atoms. The van der Waals surface area contributed by atoms with Crippen LogP contribution in [0.4, 0.5) is 0 Å². The molecule has 1 N–H and O–H groups in total. The molecule has 0 atom stereocenters. The monoisotopic (exact) mass is 314 g/mol. The van der Waals surface area contributed by atoms with E-state index in [0.717, 1.165) is 5.56 Å². The predicted octanol–water partition coefficient (Wildman–Crippen LogP) is 2.28. The summed E-state index contributed by atoms with van der Waals surface area (Å²) in [7, 11) is -3.76. The van der Waals surface area contributed by atoms with Gasteiger partial charge in [-0.3, -0.25) is 4.98 Å². The van der Waals surface area contributed by atoms with Crippen LogP contribution in [-0.4, -0.2) is 22.5 Å². The zero-order valence-corrected chi connectivity index (χ0v) is 12.4. The molecule has 6 heteroatoms. The van der Waals surface area contributed by atoms with E-state index >= 15 is 0 Å². The number of hydrogen-bond acceptors (Lipinski definition) is 4. The fraction of sp³-hybridized carbons (Fsp3) is 0.0625. The Morgan fingerprint density at radius 2 is 1.86 bits per heavy atom. The Labute approximate surface area is 128 Å². The lowest BCUT2D eigenvalue weighted by Crippen LogP contribution is -2.13. The number of pyridine rings is 1. The van der Waals surface area contributed by atoms with Crippen molar-refractivity contribution in [2.75, 3.05) is 0 Å². The van der Waals surface area contributed by atoms with Crippen LogP contribution in [0, 0.1) is 0 Å². The first-order valence-corrected chi connectivity index (χ1v) is 8.10. The summed E-state index contributed by atoms with van der Waals surface area (Å²) < 4.78 is 26.8. The summed E-state index contributed by atoms with van der Waals surface area (Å²) in [5, 5.41) is 9.34. The van der Waals surface area contributed by atoms with Crippen LogP contribution < -0.4 is 0 Å². The first-order chi connectivity index (χ1) is 10.6. The molecular weight excluding hydrogens is 300 g/mol. The van der Waals surface area contributed by atoms with E-state index in [1.165, 1.54) is 28.6 Å². The quantitative estimate of drug-likeness (QED) is 0.802. The summed E-state index contributed by atoms with van der Waals surface area (Å²) in [6, 6.07) is 13.9. The lowest BCUT2D eigenvalue weighted by molar-refractivity contribution is 0.282. The van der Waals surface area contributed by atoms with E-state index in [1.54, 1.807) is 12.1 Å². The van der Waals surface area contributed by atoms with Crippen LogP contribution in [0.1, 0.15) is 5.56 Å². The number of aliphatic hydroxyl groups excluding tert-OH is 1. The van der Waals surface area contributed by atoms with Gasteiger partial charge >= 0.3 is 0 Å². The molecule has 2 heterocycles. The number of nitrogens with zero attached hydrogens (tertiary/aromatic N) is 2.